The number of oxazole rings is 1. The molecule has 3 aromatic rings. The first-order valence-corrected chi connectivity index (χ1v) is 11.6. The lowest BCUT2D eigenvalue weighted by atomic mass is 10.00. The molecule has 0 aliphatic carbocycles. The highest BCUT2D eigenvalue weighted by Crippen LogP contribution is 2.31. The summed E-state index contributed by atoms with van der Waals surface area (Å²) in [6.07, 6.45) is 3.39. The van der Waals surface area contributed by atoms with Gasteiger partial charge in [0.25, 0.3) is 0 Å². The highest BCUT2D eigenvalue weighted by atomic mass is 35.5. The minimum absolute atomic E-state index is 0.0288. The summed E-state index contributed by atoms with van der Waals surface area (Å²) in [4.78, 5) is 4.90. The summed E-state index contributed by atoms with van der Waals surface area (Å²) in [5, 5.41) is 0. The third-order valence-corrected chi connectivity index (χ3v) is 7.35. The number of para-hydroxylation sites is 2. The number of rotatable bonds is 6. The second-order valence-corrected chi connectivity index (χ2v) is 9.47. The number of piperidine rings is 1. The number of fused-ring (bicyclic) bond motifs is 1. The molecule has 5 nitrogen and oxygen atoms in total. The summed E-state index contributed by atoms with van der Waals surface area (Å²) < 4.78 is 33.7. The van der Waals surface area contributed by atoms with Crippen molar-refractivity contribution >= 4 is 32.7 Å². The molecule has 0 radical (unpaired) electrons. The Hall–Kier alpha value is -1.89. The van der Waals surface area contributed by atoms with Crippen LogP contribution in [0.4, 0.5) is 0 Å². The van der Waals surface area contributed by atoms with Crippen molar-refractivity contribution in [2.75, 3.05) is 19.0 Å². The fraction of sp³-hybridized carbons (Fsp3) is 0.381. The van der Waals surface area contributed by atoms with Gasteiger partial charge in [-0.1, -0.05) is 24.3 Å². The van der Waals surface area contributed by atoms with Crippen LogP contribution in [0.1, 0.15) is 36.6 Å². The van der Waals surface area contributed by atoms with E-state index in [0.717, 1.165) is 42.3 Å². The minimum atomic E-state index is -3.53. The van der Waals surface area contributed by atoms with Crippen molar-refractivity contribution in [3.8, 4) is 0 Å². The van der Waals surface area contributed by atoms with E-state index in [1.54, 1.807) is 16.4 Å². The zero-order chi connectivity index (χ0) is 19.6. The Balaban J connectivity index is 1.52. The van der Waals surface area contributed by atoms with Crippen LogP contribution in [0.25, 0.3) is 11.1 Å². The van der Waals surface area contributed by atoms with Gasteiger partial charge in [0.05, 0.1) is 4.90 Å². The lowest BCUT2D eigenvalue weighted by Gasteiger charge is -2.30. The fourth-order valence-electron chi connectivity index (χ4n) is 3.68. The Morgan fingerprint density at radius 1 is 1.14 bits per heavy atom. The summed E-state index contributed by atoms with van der Waals surface area (Å²) in [6, 6.07) is 14.8. The van der Waals surface area contributed by atoms with E-state index in [-0.39, 0.29) is 5.92 Å². The van der Waals surface area contributed by atoms with Crippen LogP contribution < -0.4 is 0 Å². The maximum atomic E-state index is 13.1. The van der Waals surface area contributed by atoms with E-state index in [0.29, 0.717) is 29.8 Å². The molecule has 28 heavy (non-hydrogen) atoms. The molecule has 0 spiro atoms. The van der Waals surface area contributed by atoms with E-state index in [9.17, 15) is 8.42 Å². The third kappa shape index (κ3) is 3.95. The number of aryl methyl sites for hydroxylation is 1. The quantitative estimate of drug-likeness (QED) is 0.550. The monoisotopic (exact) mass is 418 g/mol. The number of alkyl halides is 1. The Morgan fingerprint density at radius 2 is 1.93 bits per heavy atom. The van der Waals surface area contributed by atoms with Crippen LogP contribution in [0, 0.1) is 0 Å². The summed E-state index contributed by atoms with van der Waals surface area (Å²) in [6.45, 7) is 0.913. The van der Waals surface area contributed by atoms with Crippen molar-refractivity contribution in [1.82, 2.24) is 9.29 Å². The van der Waals surface area contributed by atoms with E-state index < -0.39 is 10.0 Å². The highest BCUT2D eigenvalue weighted by molar-refractivity contribution is 7.89. The normalized spacial score (nSPS) is 18.5. The van der Waals surface area contributed by atoms with Crippen LogP contribution in [-0.4, -0.2) is 36.7 Å². The fourth-order valence-corrected chi connectivity index (χ4v) is 5.33. The van der Waals surface area contributed by atoms with Gasteiger partial charge in [0.2, 0.25) is 10.0 Å². The molecule has 2 heterocycles. The molecule has 0 N–H and O–H groups in total. The lowest BCUT2D eigenvalue weighted by molar-refractivity contribution is 0.288. The van der Waals surface area contributed by atoms with E-state index in [1.165, 1.54) is 0 Å². The topological polar surface area (TPSA) is 63.4 Å². The predicted octanol–water partition coefficient (Wildman–Crippen LogP) is 4.57. The first kappa shape index (κ1) is 19.4. The van der Waals surface area contributed by atoms with Crippen LogP contribution in [0.3, 0.4) is 0 Å². The van der Waals surface area contributed by atoms with Gasteiger partial charge in [-0.25, -0.2) is 13.4 Å². The minimum Gasteiger partial charge on any atom is -0.440 e. The van der Waals surface area contributed by atoms with Gasteiger partial charge in [0.15, 0.2) is 11.5 Å². The van der Waals surface area contributed by atoms with Crippen molar-refractivity contribution < 1.29 is 12.8 Å². The van der Waals surface area contributed by atoms with Crippen LogP contribution in [0.15, 0.2) is 57.8 Å². The first-order valence-electron chi connectivity index (χ1n) is 9.58. The number of aromatic nitrogens is 1. The van der Waals surface area contributed by atoms with Gasteiger partial charge in [0.1, 0.15) is 5.52 Å². The Bertz CT molecular complexity index is 1010. The van der Waals surface area contributed by atoms with Crippen molar-refractivity contribution in [2.24, 2.45) is 0 Å². The SMILES string of the molecule is O=S(=O)(c1ccc(CCCCl)cc1)N1CCCC(c2nc3ccccc3o2)C1. The van der Waals surface area contributed by atoms with E-state index >= 15 is 0 Å². The number of sulfonamides is 1. The van der Waals surface area contributed by atoms with Crippen LogP contribution in [0.2, 0.25) is 0 Å². The van der Waals surface area contributed by atoms with Gasteiger partial charge in [0, 0.05) is 24.9 Å². The third-order valence-electron chi connectivity index (χ3n) is 5.20. The molecule has 0 bridgehead atoms. The van der Waals surface area contributed by atoms with E-state index in [2.05, 4.69) is 4.98 Å². The molecular weight excluding hydrogens is 396 g/mol. The molecule has 1 atom stereocenters. The molecule has 4 rings (SSSR count). The van der Waals surface area contributed by atoms with Crippen molar-refractivity contribution in [3.63, 3.8) is 0 Å². The van der Waals surface area contributed by atoms with Gasteiger partial charge >= 0.3 is 0 Å². The average Bonchev–Trinajstić information content (AvgIpc) is 3.17. The summed E-state index contributed by atoms with van der Waals surface area (Å²) in [7, 11) is -3.53. The van der Waals surface area contributed by atoms with Gasteiger partial charge in [-0.05, 0) is 55.5 Å². The Labute approximate surface area is 170 Å². The molecule has 1 saturated heterocycles. The molecule has 1 fully saturated rings. The Kier molecular flexibility index (Phi) is 5.71. The lowest BCUT2D eigenvalue weighted by Crippen LogP contribution is -2.39. The molecule has 1 aliphatic heterocycles. The second kappa shape index (κ2) is 8.23. The maximum Gasteiger partial charge on any atom is 0.243 e. The number of halogens is 1. The number of hydrogen-bond donors (Lipinski definition) is 0. The van der Waals surface area contributed by atoms with Crippen LogP contribution in [0.5, 0.6) is 0 Å². The largest absolute Gasteiger partial charge is 0.440 e. The highest BCUT2D eigenvalue weighted by Gasteiger charge is 2.33. The van der Waals surface area contributed by atoms with Gasteiger partial charge < -0.3 is 4.42 Å². The van der Waals surface area contributed by atoms with Gasteiger partial charge in [-0.15, -0.1) is 11.6 Å². The second-order valence-electron chi connectivity index (χ2n) is 7.16. The number of benzene rings is 2. The zero-order valence-corrected chi connectivity index (χ0v) is 17.1. The molecule has 1 unspecified atom stereocenters. The smallest absolute Gasteiger partial charge is 0.243 e. The predicted molar refractivity (Wildman–Crippen MR) is 110 cm³/mol. The van der Waals surface area contributed by atoms with Gasteiger partial charge in [-0.3, -0.25) is 0 Å². The zero-order valence-electron chi connectivity index (χ0n) is 15.6. The molecule has 1 aromatic heterocycles. The summed E-state index contributed by atoms with van der Waals surface area (Å²) >= 11 is 5.73. The number of hydrogen-bond acceptors (Lipinski definition) is 4. The van der Waals surface area contributed by atoms with Crippen LogP contribution >= 0.6 is 11.6 Å². The standard InChI is InChI=1S/C21H23ClN2O3S/c22-13-3-5-16-9-11-18(12-10-16)28(25,26)24-14-4-6-17(15-24)21-23-19-7-1-2-8-20(19)27-21/h1-2,7-12,17H,3-6,13-15H2. The van der Waals surface area contributed by atoms with E-state index in [1.807, 2.05) is 36.4 Å². The number of nitrogens with zero attached hydrogens (tertiary/aromatic N) is 2. The Morgan fingerprint density at radius 3 is 2.68 bits per heavy atom. The molecule has 2 aromatic carbocycles. The first-order chi connectivity index (χ1) is 13.6. The van der Waals surface area contributed by atoms with Crippen molar-refractivity contribution in [2.45, 2.75) is 36.5 Å². The molecular formula is C21H23ClN2O3S. The summed E-state index contributed by atoms with van der Waals surface area (Å²) in [5.74, 6) is 1.20. The molecule has 0 saturated carbocycles. The molecule has 0 amide bonds. The molecule has 1 aliphatic rings. The average molecular weight is 419 g/mol. The van der Waals surface area contributed by atoms with Crippen LogP contribution in [-0.2, 0) is 16.4 Å². The molecule has 7 heteroatoms. The van der Waals surface area contributed by atoms with Crippen molar-refractivity contribution in [3.05, 3.63) is 60.0 Å². The van der Waals surface area contributed by atoms with Crippen molar-refractivity contribution in [1.29, 1.82) is 0 Å². The van der Waals surface area contributed by atoms with Gasteiger partial charge in [-0.2, -0.15) is 4.31 Å². The maximum absolute atomic E-state index is 13.1. The van der Waals surface area contributed by atoms with E-state index in [4.69, 9.17) is 16.0 Å². The molecule has 148 valence electrons. The summed E-state index contributed by atoms with van der Waals surface area (Å²) in [5.41, 5.74) is 2.65.